The second-order valence-electron chi connectivity index (χ2n) is 13.8. The van der Waals surface area contributed by atoms with Gasteiger partial charge in [-0.05, 0) is 111 Å². The molecule has 5 aromatic carbocycles. The molecule has 0 aliphatic carbocycles. The van der Waals surface area contributed by atoms with E-state index in [-0.39, 0.29) is 23.7 Å². The molecule has 1 aliphatic heterocycles. The molecule has 1 N–H and O–H groups in total. The average Bonchev–Trinajstić information content (AvgIpc) is 3.18. The Kier molecular flexibility index (Phi) is 13.2. The molecule has 0 fully saturated rings. The van der Waals surface area contributed by atoms with Crippen molar-refractivity contribution in [1.82, 2.24) is 0 Å². The summed E-state index contributed by atoms with van der Waals surface area (Å²) in [5.41, 5.74) is 7.58. The highest BCUT2D eigenvalue weighted by Gasteiger charge is 2.25. The monoisotopic (exact) mass is 740 g/mol. The number of hydrogen-bond donors (Lipinski definition) is 1. The van der Waals surface area contributed by atoms with Crippen LogP contribution in [0.15, 0.2) is 109 Å². The van der Waals surface area contributed by atoms with Gasteiger partial charge in [0.25, 0.3) is 0 Å². The molecular formula is C47H48O8. The summed E-state index contributed by atoms with van der Waals surface area (Å²) in [5, 5.41) is 11.0. The number of ether oxygens (including phenoxy) is 5. The third-order valence-electron chi connectivity index (χ3n) is 9.08. The highest BCUT2D eigenvalue weighted by Crippen LogP contribution is 2.40. The summed E-state index contributed by atoms with van der Waals surface area (Å²) in [6.07, 6.45) is 5.59. The molecule has 1 heterocycles. The highest BCUT2D eigenvalue weighted by atomic mass is 16.5. The Morgan fingerprint density at radius 1 is 0.745 bits per heavy atom. The van der Waals surface area contributed by atoms with Crippen LogP contribution in [0.25, 0.3) is 17.7 Å². The van der Waals surface area contributed by atoms with Crippen molar-refractivity contribution >= 4 is 29.7 Å². The summed E-state index contributed by atoms with van der Waals surface area (Å²) < 4.78 is 27.8. The third-order valence-corrected chi connectivity index (χ3v) is 9.08. The van der Waals surface area contributed by atoms with E-state index in [1.807, 2.05) is 138 Å². The van der Waals surface area contributed by atoms with Gasteiger partial charge in [0.1, 0.15) is 41.8 Å². The van der Waals surface area contributed by atoms with Crippen molar-refractivity contribution in [1.29, 1.82) is 0 Å². The molecule has 0 aromatic heterocycles. The van der Waals surface area contributed by atoms with Crippen LogP contribution < -0.4 is 14.2 Å². The molecule has 0 unspecified atom stereocenters. The maximum atomic E-state index is 13.0. The number of fused-ring (bicyclic) bond motifs is 1. The van der Waals surface area contributed by atoms with Gasteiger partial charge in [0.15, 0.2) is 0 Å². The molecule has 0 amide bonds. The fourth-order valence-electron chi connectivity index (χ4n) is 5.85. The van der Waals surface area contributed by atoms with E-state index in [1.54, 1.807) is 18.2 Å². The lowest BCUT2D eigenvalue weighted by Gasteiger charge is -2.28. The Balaban J connectivity index is 0.000000246. The zero-order valence-electron chi connectivity index (χ0n) is 32.5. The molecule has 55 heavy (non-hydrogen) atoms. The minimum absolute atomic E-state index is 0.0336. The van der Waals surface area contributed by atoms with E-state index in [9.17, 15) is 14.7 Å². The molecule has 0 spiro atoms. The van der Waals surface area contributed by atoms with E-state index >= 15 is 0 Å². The predicted octanol–water partition coefficient (Wildman–Crippen LogP) is 9.78. The van der Waals surface area contributed by atoms with E-state index in [0.29, 0.717) is 41.4 Å². The third kappa shape index (κ3) is 10.7. The van der Waals surface area contributed by atoms with E-state index in [2.05, 4.69) is 0 Å². The van der Waals surface area contributed by atoms with Crippen molar-refractivity contribution in [3.63, 3.8) is 0 Å². The van der Waals surface area contributed by atoms with Crippen LogP contribution in [0.2, 0.25) is 0 Å². The van der Waals surface area contributed by atoms with E-state index in [1.165, 1.54) is 14.2 Å². The maximum Gasteiger partial charge on any atom is 0.338 e. The lowest BCUT2D eigenvalue weighted by atomic mass is 9.95. The first-order chi connectivity index (χ1) is 26.4. The van der Waals surface area contributed by atoms with Crippen LogP contribution in [0.4, 0.5) is 0 Å². The topological polar surface area (TPSA) is 101 Å². The fraction of sp³-hybridized carbons (Fsp3) is 0.234. The Morgan fingerprint density at radius 3 is 1.98 bits per heavy atom. The highest BCUT2D eigenvalue weighted by molar-refractivity contribution is 6.22. The van der Waals surface area contributed by atoms with Crippen molar-refractivity contribution in [3.8, 4) is 23.0 Å². The summed E-state index contributed by atoms with van der Waals surface area (Å²) in [4.78, 5) is 24.4. The quantitative estimate of drug-likeness (QED) is 0.0812. The number of aryl methyl sites for hydroxylation is 3. The molecule has 284 valence electrons. The number of esters is 2. The standard InChI is InChI=1S/C30H30O5.C17H18O3/c1-19-15-24(27(16-20(19)2)34-18-21-9-7-6-8-10-21)25(29(32)33-5)17-22-11-12-26-23(28(22)31)13-14-30(3,4)35-26;1-13-8-9-15(11-17(18)19-2)16(10-13)20-12-14-6-4-3-5-7-14/h6-17,31H,18H2,1-5H3;3-10H,11-12H2,1-2H3. The zero-order chi connectivity index (χ0) is 39.5. The molecule has 8 heteroatoms. The van der Waals surface area contributed by atoms with Crippen LogP contribution >= 0.6 is 0 Å². The van der Waals surface area contributed by atoms with Crippen LogP contribution in [-0.2, 0) is 38.7 Å². The molecule has 1 aliphatic rings. The first kappa shape index (κ1) is 39.9. The van der Waals surface area contributed by atoms with Crippen LogP contribution in [-0.4, -0.2) is 36.9 Å². The number of hydrogen-bond acceptors (Lipinski definition) is 8. The number of rotatable bonds is 11. The second-order valence-corrected chi connectivity index (χ2v) is 13.8. The van der Waals surface area contributed by atoms with E-state index in [4.69, 9.17) is 23.7 Å². The van der Waals surface area contributed by atoms with Crippen molar-refractivity contribution in [2.24, 2.45) is 0 Å². The van der Waals surface area contributed by atoms with Crippen molar-refractivity contribution in [3.05, 3.63) is 159 Å². The number of aromatic hydroxyl groups is 1. The Hall–Kier alpha value is -6.28. The van der Waals surface area contributed by atoms with Gasteiger partial charge in [-0.25, -0.2) is 4.79 Å². The van der Waals surface area contributed by atoms with Crippen molar-refractivity contribution < 1.29 is 38.4 Å². The lowest BCUT2D eigenvalue weighted by molar-refractivity contribution is -0.139. The molecule has 0 atom stereocenters. The minimum atomic E-state index is -0.525. The number of phenols is 1. The Labute approximate surface area is 323 Å². The minimum Gasteiger partial charge on any atom is -0.507 e. The fourth-order valence-corrected chi connectivity index (χ4v) is 5.85. The second kappa shape index (κ2) is 18.2. The molecule has 5 aromatic rings. The maximum absolute atomic E-state index is 13.0. The van der Waals surface area contributed by atoms with Gasteiger partial charge in [-0.1, -0.05) is 72.8 Å². The normalized spacial score (nSPS) is 12.7. The van der Waals surface area contributed by atoms with Crippen LogP contribution in [0.1, 0.15) is 63.9 Å². The molecule has 0 saturated heterocycles. The van der Waals surface area contributed by atoms with Gasteiger partial charge in [0.2, 0.25) is 0 Å². The molecule has 6 rings (SSSR count). The van der Waals surface area contributed by atoms with Gasteiger partial charge in [-0.2, -0.15) is 0 Å². The number of methoxy groups -OCH3 is 2. The largest absolute Gasteiger partial charge is 0.507 e. The van der Waals surface area contributed by atoms with Gasteiger partial charge < -0.3 is 28.8 Å². The summed E-state index contributed by atoms with van der Waals surface area (Å²) in [6, 6.07) is 33.0. The Bertz CT molecular complexity index is 2180. The molecule has 8 nitrogen and oxygen atoms in total. The van der Waals surface area contributed by atoms with Gasteiger partial charge in [-0.3, -0.25) is 4.79 Å². The predicted molar refractivity (Wildman–Crippen MR) is 216 cm³/mol. The SMILES string of the molecule is COC(=O)C(=Cc1ccc2c(c1O)C=CC(C)(C)O2)c1cc(C)c(C)cc1OCc1ccccc1.COC(=O)Cc1ccc(C)cc1OCc1ccccc1. The average molecular weight is 741 g/mol. The zero-order valence-corrected chi connectivity index (χ0v) is 32.5. The summed E-state index contributed by atoms with van der Waals surface area (Å²) in [7, 11) is 2.73. The summed E-state index contributed by atoms with van der Waals surface area (Å²) in [6.45, 7) is 10.7. The van der Waals surface area contributed by atoms with Crippen LogP contribution in [0.3, 0.4) is 0 Å². The number of carbonyl (C=O) groups excluding carboxylic acids is 2. The van der Waals surface area contributed by atoms with E-state index < -0.39 is 11.6 Å². The first-order valence-corrected chi connectivity index (χ1v) is 18.0. The molecule has 0 bridgehead atoms. The van der Waals surface area contributed by atoms with Gasteiger partial charge in [0, 0.05) is 16.7 Å². The summed E-state index contributed by atoms with van der Waals surface area (Å²) >= 11 is 0. The van der Waals surface area contributed by atoms with Crippen LogP contribution in [0.5, 0.6) is 23.0 Å². The number of benzene rings is 5. The molecule has 0 radical (unpaired) electrons. The smallest absolute Gasteiger partial charge is 0.338 e. The van der Waals surface area contributed by atoms with E-state index in [0.717, 1.165) is 39.1 Å². The van der Waals surface area contributed by atoms with Gasteiger partial charge >= 0.3 is 11.9 Å². The lowest BCUT2D eigenvalue weighted by Crippen LogP contribution is -2.27. The first-order valence-electron chi connectivity index (χ1n) is 18.0. The van der Waals surface area contributed by atoms with Gasteiger partial charge in [0.05, 0.1) is 31.8 Å². The molecule has 0 saturated carbocycles. The van der Waals surface area contributed by atoms with Crippen LogP contribution in [0, 0.1) is 20.8 Å². The molecular weight excluding hydrogens is 693 g/mol. The summed E-state index contributed by atoms with van der Waals surface area (Å²) in [5.74, 6) is 1.13. The van der Waals surface area contributed by atoms with Crippen molar-refractivity contribution in [2.45, 2.75) is 59.9 Å². The Morgan fingerprint density at radius 2 is 1.36 bits per heavy atom. The van der Waals surface area contributed by atoms with Crippen molar-refractivity contribution in [2.75, 3.05) is 14.2 Å². The number of carbonyl (C=O) groups is 2. The number of phenolic OH excluding ortho intramolecular Hbond substituents is 1. The van der Waals surface area contributed by atoms with Gasteiger partial charge in [-0.15, -0.1) is 0 Å².